The van der Waals surface area contributed by atoms with Crippen LogP contribution >= 0.6 is 0 Å². The molecule has 0 saturated carbocycles. The number of piperazine rings is 1. The van der Waals surface area contributed by atoms with Crippen LogP contribution in [0, 0.1) is 17.0 Å². The number of benzene rings is 2. The van der Waals surface area contributed by atoms with Crippen LogP contribution in [0.3, 0.4) is 0 Å². The topological polar surface area (TPSA) is 137 Å². The zero-order valence-corrected chi connectivity index (χ0v) is 23.0. The van der Waals surface area contributed by atoms with Gasteiger partial charge in [0.1, 0.15) is 17.3 Å². The third kappa shape index (κ3) is 6.92. The van der Waals surface area contributed by atoms with Gasteiger partial charge in [0.05, 0.1) is 13.2 Å². The smallest absolute Gasteiger partial charge is 0.320 e. The number of aromatic hydroxyl groups is 1. The highest BCUT2D eigenvalue weighted by Gasteiger charge is 2.30. The molecule has 2 heterocycles. The van der Waals surface area contributed by atoms with Crippen molar-refractivity contribution >= 4 is 23.2 Å². The van der Waals surface area contributed by atoms with Crippen molar-refractivity contribution in [3.63, 3.8) is 0 Å². The van der Waals surface area contributed by atoms with E-state index in [1.54, 1.807) is 25.1 Å². The van der Waals surface area contributed by atoms with Gasteiger partial charge in [-0.3, -0.25) is 15.1 Å². The van der Waals surface area contributed by atoms with Crippen LogP contribution < -0.4 is 25.0 Å². The van der Waals surface area contributed by atoms with Gasteiger partial charge in [0.2, 0.25) is 11.6 Å². The van der Waals surface area contributed by atoms with Crippen molar-refractivity contribution in [2.75, 3.05) is 63.2 Å². The number of esters is 1. The number of anilines is 2. The number of aromatic nitrogens is 1. The molecule has 1 aliphatic heterocycles. The second-order valence-electron chi connectivity index (χ2n) is 9.46. The van der Waals surface area contributed by atoms with E-state index in [1.807, 2.05) is 30.0 Å². The Balaban J connectivity index is 1.71. The normalized spacial score (nSPS) is 13.5. The molecule has 41 heavy (non-hydrogen) atoms. The quantitative estimate of drug-likeness (QED) is 0.188. The van der Waals surface area contributed by atoms with E-state index in [2.05, 4.69) is 4.98 Å². The molecule has 11 nitrogen and oxygen atoms in total. The molecular weight excluding hydrogens is 538 g/mol. The predicted molar refractivity (Wildman–Crippen MR) is 149 cm³/mol. The average molecular weight is 571 g/mol. The van der Waals surface area contributed by atoms with Gasteiger partial charge >= 0.3 is 5.97 Å². The maximum atomic E-state index is 15.9. The number of pyridine rings is 1. The van der Waals surface area contributed by atoms with Gasteiger partial charge in [-0.25, -0.2) is 0 Å². The third-order valence-electron chi connectivity index (χ3n) is 6.37. The zero-order chi connectivity index (χ0) is 29.7. The molecule has 3 aromatic rings. The highest BCUT2D eigenvalue weighted by molar-refractivity contribution is 5.95. The molecule has 0 atom stereocenters. The first-order valence-corrected chi connectivity index (χ1v) is 12.9. The number of phenols is 1. The second kappa shape index (κ2) is 12.7. The average Bonchev–Trinajstić information content (AvgIpc) is 2.93. The van der Waals surface area contributed by atoms with E-state index in [9.17, 15) is 9.90 Å². The summed E-state index contributed by atoms with van der Waals surface area (Å²) in [6.45, 7) is 3.13. The van der Waals surface area contributed by atoms with E-state index in [0.717, 1.165) is 5.69 Å². The van der Waals surface area contributed by atoms with E-state index in [0.29, 0.717) is 13.1 Å². The minimum absolute atomic E-state index is 0.0691. The molecule has 1 fully saturated rings. The molecule has 4 rings (SSSR count). The van der Waals surface area contributed by atoms with Crippen LogP contribution in [-0.2, 0) is 9.53 Å². The van der Waals surface area contributed by atoms with Crippen molar-refractivity contribution < 1.29 is 32.9 Å². The first kappa shape index (κ1) is 29.3. The number of nitrogen functional groups attached to an aromatic ring is 1. The molecule has 218 valence electrons. The van der Waals surface area contributed by atoms with Gasteiger partial charge in [0.25, 0.3) is 11.8 Å². The number of nitrogens with zero attached hydrogens (tertiary/aromatic N) is 4. The summed E-state index contributed by atoms with van der Waals surface area (Å²) in [4.78, 5) is 21.0. The lowest BCUT2D eigenvalue weighted by atomic mass is 10.2. The molecule has 0 radical (unpaired) electrons. The number of amidine groups is 1. The highest BCUT2D eigenvalue weighted by atomic mass is 19.1. The summed E-state index contributed by atoms with van der Waals surface area (Å²) >= 11 is 0. The van der Waals surface area contributed by atoms with Gasteiger partial charge < -0.3 is 34.9 Å². The maximum absolute atomic E-state index is 15.9. The molecule has 13 heteroatoms. The number of nitrogens with two attached hydrogens (primary N) is 1. The molecule has 1 aliphatic rings. The van der Waals surface area contributed by atoms with Crippen LogP contribution in [0.5, 0.6) is 29.0 Å². The molecule has 4 N–H and O–H groups in total. The molecule has 0 bridgehead atoms. The summed E-state index contributed by atoms with van der Waals surface area (Å²) < 4.78 is 48.2. The van der Waals surface area contributed by atoms with Crippen LogP contribution in [0.1, 0.15) is 12.5 Å². The van der Waals surface area contributed by atoms with Crippen LogP contribution in [0.15, 0.2) is 42.5 Å². The number of phenolic OH excluding ortho intramolecular Hbond substituents is 1. The van der Waals surface area contributed by atoms with E-state index in [1.165, 1.54) is 23.1 Å². The van der Waals surface area contributed by atoms with Crippen molar-refractivity contribution in [2.45, 2.75) is 6.92 Å². The number of carbonyl (C=O) groups excluding carboxylic acids is 1. The summed E-state index contributed by atoms with van der Waals surface area (Å²) in [5.74, 6) is -4.35. The first-order valence-electron chi connectivity index (χ1n) is 12.9. The fourth-order valence-electron chi connectivity index (χ4n) is 4.23. The Morgan fingerprint density at radius 1 is 1.07 bits per heavy atom. The summed E-state index contributed by atoms with van der Waals surface area (Å²) in [5, 5.41) is 18.0. The van der Waals surface area contributed by atoms with Crippen molar-refractivity contribution in [2.24, 2.45) is 5.73 Å². The number of nitrogens with one attached hydrogen (secondary N) is 1. The lowest BCUT2D eigenvalue weighted by molar-refractivity contribution is -0.144. The molecule has 0 spiro atoms. The first-order chi connectivity index (χ1) is 19.6. The van der Waals surface area contributed by atoms with Crippen molar-refractivity contribution in [1.29, 1.82) is 5.41 Å². The van der Waals surface area contributed by atoms with E-state index < -0.39 is 29.1 Å². The lowest BCUT2D eigenvalue weighted by Crippen LogP contribution is -2.48. The van der Waals surface area contributed by atoms with Crippen LogP contribution in [-0.4, -0.2) is 80.2 Å². The van der Waals surface area contributed by atoms with Gasteiger partial charge in [-0.15, -0.1) is 0 Å². The zero-order valence-electron chi connectivity index (χ0n) is 23.0. The third-order valence-corrected chi connectivity index (χ3v) is 6.37. The monoisotopic (exact) mass is 570 g/mol. The fourth-order valence-corrected chi connectivity index (χ4v) is 4.23. The van der Waals surface area contributed by atoms with Crippen molar-refractivity contribution in [3.8, 4) is 29.0 Å². The molecule has 2 aromatic carbocycles. The van der Waals surface area contributed by atoms with E-state index in [4.69, 9.17) is 25.4 Å². The molecule has 0 unspecified atom stereocenters. The molecule has 1 saturated heterocycles. The van der Waals surface area contributed by atoms with Gasteiger partial charge in [0, 0.05) is 57.6 Å². The van der Waals surface area contributed by atoms with Gasteiger partial charge in [-0.05, 0) is 37.3 Å². The summed E-state index contributed by atoms with van der Waals surface area (Å²) in [6, 6.07) is 10.7. The second-order valence-corrected chi connectivity index (χ2v) is 9.46. The fraction of sp³-hybridized carbons (Fsp3) is 0.321. The Morgan fingerprint density at radius 3 is 2.39 bits per heavy atom. The number of ether oxygens (including phenoxy) is 3. The molecular formula is C28H32F2N6O5. The Labute approximate surface area is 236 Å². The molecule has 0 aliphatic carbocycles. The minimum atomic E-state index is -1.11. The largest absolute Gasteiger partial charge is 0.504 e. The Morgan fingerprint density at radius 2 is 1.76 bits per heavy atom. The molecule has 0 amide bonds. The number of hydrogen-bond donors (Lipinski definition) is 3. The van der Waals surface area contributed by atoms with Gasteiger partial charge in [0.15, 0.2) is 11.5 Å². The van der Waals surface area contributed by atoms with Gasteiger partial charge in [-0.2, -0.15) is 13.8 Å². The highest BCUT2D eigenvalue weighted by Crippen LogP contribution is 2.40. The van der Waals surface area contributed by atoms with Crippen molar-refractivity contribution in [3.05, 3.63) is 59.7 Å². The Hall–Kier alpha value is -4.65. The Bertz CT molecular complexity index is 1430. The number of hydrogen-bond acceptors (Lipinski definition) is 10. The number of rotatable bonds is 10. The minimum Gasteiger partial charge on any atom is -0.504 e. The van der Waals surface area contributed by atoms with Crippen LogP contribution in [0.25, 0.3) is 0 Å². The van der Waals surface area contributed by atoms with Crippen LogP contribution in [0.2, 0.25) is 0 Å². The maximum Gasteiger partial charge on any atom is 0.320 e. The lowest BCUT2D eigenvalue weighted by Gasteiger charge is -2.35. The number of carbonyl (C=O) groups is 1. The number of halogens is 2. The molecule has 1 aromatic heterocycles. The standard InChI is InChI=1S/C28H32F2N6O5/c1-4-39-22(38)16-35-10-12-36(13-11-35)25-23(29)27(40-19-7-5-6-18(15-19)34(2)3)33-28(24(25)30)41-21-14-17(26(31)32)8-9-20(21)37/h5-9,14-15,37H,4,10-13,16H2,1-3H3,(H3,31,32). The SMILES string of the molecule is CCOC(=O)CN1CCN(c2c(F)c(Oc3cccc(N(C)C)c3)nc(Oc3cc(C(=N)N)ccc3O)c2F)CC1. The summed E-state index contributed by atoms with van der Waals surface area (Å²) in [5.41, 5.74) is 6.12. The van der Waals surface area contributed by atoms with E-state index in [-0.39, 0.29) is 60.9 Å². The van der Waals surface area contributed by atoms with Crippen molar-refractivity contribution in [1.82, 2.24) is 9.88 Å². The van der Waals surface area contributed by atoms with Gasteiger partial charge in [-0.1, -0.05) is 6.07 Å². The summed E-state index contributed by atoms with van der Waals surface area (Å²) in [7, 11) is 3.67. The van der Waals surface area contributed by atoms with Crippen LogP contribution in [0.4, 0.5) is 20.2 Å². The Kier molecular flexibility index (Phi) is 9.07. The van der Waals surface area contributed by atoms with E-state index >= 15 is 8.78 Å². The summed E-state index contributed by atoms with van der Waals surface area (Å²) in [6.07, 6.45) is 0. The predicted octanol–water partition coefficient (Wildman–Crippen LogP) is 3.69.